The summed E-state index contributed by atoms with van der Waals surface area (Å²) in [5, 5.41) is 15.1. The minimum atomic E-state index is -4.00. The minimum Gasteiger partial charge on any atom is -0.543 e. The van der Waals surface area contributed by atoms with Gasteiger partial charge in [-0.05, 0) is 61.5 Å². The highest BCUT2D eigenvalue weighted by atomic mass is 32.2. The van der Waals surface area contributed by atoms with Crippen LogP contribution >= 0.6 is 0 Å². The van der Waals surface area contributed by atoms with Crippen molar-refractivity contribution in [3.63, 3.8) is 0 Å². The third-order valence-corrected chi connectivity index (χ3v) is 13.1. The molecule has 0 bridgehead atoms. The topological polar surface area (TPSA) is 140 Å². The van der Waals surface area contributed by atoms with Crippen molar-refractivity contribution in [2.75, 3.05) is 38.8 Å². The van der Waals surface area contributed by atoms with Crippen LogP contribution in [0.25, 0.3) is 22.3 Å². The lowest BCUT2D eigenvalue weighted by atomic mass is 10.1. The molecule has 12 nitrogen and oxygen atoms in total. The molecule has 4 rings (SSSR count). The molecule has 1 aromatic carbocycles. The quantitative estimate of drug-likeness (QED) is 0.149. The highest BCUT2D eigenvalue weighted by Gasteiger charge is 2.39. The Bertz CT molecular complexity index is 1430. The van der Waals surface area contributed by atoms with Gasteiger partial charge in [-0.3, -0.25) is 4.55 Å². The first-order valence-corrected chi connectivity index (χ1v) is 19.1. The predicted octanol–water partition coefficient (Wildman–Crippen LogP) is 4.94. The van der Waals surface area contributed by atoms with Gasteiger partial charge in [0, 0.05) is 12.0 Å². The van der Waals surface area contributed by atoms with E-state index in [1.54, 1.807) is 17.9 Å². The second-order valence-electron chi connectivity index (χ2n) is 12.5. The van der Waals surface area contributed by atoms with Crippen LogP contribution in [-0.4, -0.2) is 84.8 Å². The second kappa shape index (κ2) is 13.5. The molecule has 1 unspecified atom stereocenters. The first-order valence-electron chi connectivity index (χ1n) is 14.6. The summed E-state index contributed by atoms with van der Waals surface area (Å²) in [4.78, 5) is 1.59. The standard InChI is InChI=1S/C28H45N5O7SSi/c1-21(20-41(34,35)36)19-38-16-15-37-14-12-32-29-18-24(30-32)27-23-17-22(40-42(5,6)28(2,3)4)10-11-25(23)33(31-27)26-9-7-8-13-39-26/h10-11,17-18,21,26H,7-9,12-16,19-20H2,1-6H3,(H,34,35,36)/t21-,26?/m1/s1. The Morgan fingerprint density at radius 2 is 1.90 bits per heavy atom. The van der Waals surface area contributed by atoms with Crippen LogP contribution in [0.15, 0.2) is 24.4 Å². The van der Waals surface area contributed by atoms with E-state index in [-0.39, 0.29) is 29.5 Å². The molecule has 2 aromatic heterocycles. The molecule has 3 heterocycles. The fraction of sp³-hybridized carbons (Fsp3) is 0.679. The van der Waals surface area contributed by atoms with E-state index < -0.39 is 18.4 Å². The Kier molecular flexibility index (Phi) is 10.5. The zero-order valence-corrected chi connectivity index (χ0v) is 27.4. The van der Waals surface area contributed by atoms with E-state index in [4.69, 9.17) is 28.3 Å². The summed E-state index contributed by atoms with van der Waals surface area (Å²) in [6.07, 6.45) is 4.66. The lowest BCUT2D eigenvalue weighted by Gasteiger charge is -2.36. The molecular formula is C28H45N5O7SSi. The Morgan fingerprint density at radius 3 is 2.60 bits per heavy atom. The molecule has 42 heavy (non-hydrogen) atoms. The fourth-order valence-electron chi connectivity index (χ4n) is 4.53. The van der Waals surface area contributed by atoms with Gasteiger partial charge in [0.2, 0.25) is 8.32 Å². The van der Waals surface area contributed by atoms with Gasteiger partial charge in [0.15, 0.2) is 6.23 Å². The normalized spacial score (nSPS) is 17.5. The SMILES string of the molecule is C[C@H](COCCOCCn1ncc(-c2nn(C3CCCCO3)c3ccc(O[Si](C)(C)C(C)(C)C)cc23)n1)CS(=O)(=O)O. The van der Waals surface area contributed by atoms with E-state index in [1.165, 1.54) is 0 Å². The van der Waals surface area contributed by atoms with Crippen LogP contribution < -0.4 is 4.43 Å². The van der Waals surface area contributed by atoms with Crippen LogP contribution in [0.3, 0.4) is 0 Å². The molecular weight excluding hydrogens is 578 g/mol. The molecule has 0 radical (unpaired) electrons. The van der Waals surface area contributed by atoms with Gasteiger partial charge in [0.05, 0.1) is 50.4 Å². The zero-order valence-electron chi connectivity index (χ0n) is 25.6. The monoisotopic (exact) mass is 623 g/mol. The minimum absolute atomic E-state index is 0.0727. The molecule has 1 N–H and O–H groups in total. The summed E-state index contributed by atoms with van der Waals surface area (Å²) >= 11 is 0. The van der Waals surface area contributed by atoms with Crippen molar-refractivity contribution < 1.29 is 31.6 Å². The van der Waals surface area contributed by atoms with Crippen LogP contribution in [0.4, 0.5) is 0 Å². The maximum Gasteiger partial charge on any atom is 0.265 e. The van der Waals surface area contributed by atoms with Crippen LogP contribution in [0.2, 0.25) is 18.1 Å². The number of aromatic nitrogens is 5. The van der Waals surface area contributed by atoms with E-state index >= 15 is 0 Å². The van der Waals surface area contributed by atoms with E-state index in [0.717, 1.165) is 48.2 Å². The Hall–Kier alpha value is -2.36. The molecule has 0 amide bonds. The predicted molar refractivity (Wildman–Crippen MR) is 163 cm³/mol. The maximum absolute atomic E-state index is 10.9. The van der Waals surface area contributed by atoms with Crippen LogP contribution in [0.5, 0.6) is 5.75 Å². The number of hydrogen-bond donors (Lipinski definition) is 1. The van der Waals surface area contributed by atoms with Crippen LogP contribution in [0, 0.1) is 5.92 Å². The molecule has 0 saturated carbocycles. The largest absolute Gasteiger partial charge is 0.543 e. The molecule has 14 heteroatoms. The van der Waals surface area contributed by atoms with Gasteiger partial charge < -0.3 is 18.6 Å². The van der Waals surface area contributed by atoms with Crippen molar-refractivity contribution in [2.45, 2.75) is 77.9 Å². The first-order chi connectivity index (χ1) is 19.7. The summed E-state index contributed by atoms with van der Waals surface area (Å²) in [6, 6.07) is 6.16. The molecule has 1 aliphatic heterocycles. The molecule has 1 aliphatic rings. The molecule has 0 aliphatic carbocycles. The highest BCUT2D eigenvalue weighted by Crippen LogP contribution is 2.39. The van der Waals surface area contributed by atoms with Crippen molar-refractivity contribution in [1.29, 1.82) is 0 Å². The summed E-state index contributed by atoms with van der Waals surface area (Å²) < 4.78 is 56.5. The molecule has 1 fully saturated rings. The van der Waals surface area contributed by atoms with Crippen LogP contribution in [-0.2, 0) is 30.9 Å². The van der Waals surface area contributed by atoms with Crippen molar-refractivity contribution in [2.24, 2.45) is 5.92 Å². The average molecular weight is 624 g/mol. The van der Waals surface area contributed by atoms with E-state index in [2.05, 4.69) is 56.2 Å². The second-order valence-corrected chi connectivity index (χ2v) is 18.7. The van der Waals surface area contributed by atoms with Gasteiger partial charge in [-0.2, -0.15) is 28.5 Å². The molecule has 1 saturated heterocycles. The zero-order chi connectivity index (χ0) is 30.5. The number of hydrogen-bond acceptors (Lipinski definition) is 9. The van der Waals surface area contributed by atoms with E-state index in [1.807, 2.05) is 10.7 Å². The Labute approximate surface area is 249 Å². The Balaban J connectivity index is 1.43. The third kappa shape index (κ3) is 8.60. The van der Waals surface area contributed by atoms with E-state index in [9.17, 15) is 8.42 Å². The van der Waals surface area contributed by atoms with Crippen molar-refractivity contribution in [1.82, 2.24) is 24.8 Å². The third-order valence-electron chi connectivity index (χ3n) is 7.77. The number of benzene rings is 1. The number of nitrogens with zero attached hydrogens (tertiary/aromatic N) is 5. The first kappa shape index (κ1) is 32.5. The fourth-order valence-corrected chi connectivity index (χ4v) is 6.37. The lowest BCUT2D eigenvalue weighted by Crippen LogP contribution is -2.43. The van der Waals surface area contributed by atoms with Gasteiger partial charge in [0.1, 0.15) is 17.1 Å². The van der Waals surface area contributed by atoms with Crippen molar-refractivity contribution in [3.05, 3.63) is 24.4 Å². The van der Waals surface area contributed by atoms with Gasteiger partial charge in [-0.1, -0.05) is 27.7 Å². The molecule has 3 aromatic rings. The molecule has 0 spiro atoms. The smallest absolute Gasteiger partial charge is 0.265 e. The average Bonchev–Trinajstić information content (AvgIpc) is 3.51. The molecule has 2 atom stereocenters. The summed E-state index contributed by atoms with van der Waals surface area (Å²) in [6.45, 7) is 15.3. The number of ether oxygens (including phenoxy) is 3. The highest BCUT2D eigenvalue weighted by molar-refractivity contribution is 7.85. The van der Waals surface area contributed by atoms with Crippen molar-refractivity contribution in [3.8, 4) is 17.1 Å². The number of fused-ring (bicyclic) bond motifs is 1. The van der Waals surface area contributed by atoms with Crippen molar-refractivity contribution >= 4 is 29.3 Å². The van der Waals surface area contributed by atoms with Gasteiger partial charge >= 0.3 is 0 Å². The van der Waals surface area contributed by atoms with Gasteiger partial charge in [0.25, 0.3) is 10.1 Å². The number of rotatable bonds is 14. The lowest BCUT2D eigenvalue weighted by molar-refractivity contribution is -0.0365. The van der Waals surface area contributed by atoms with Gasteiger partial charge in [-0.25, -0.2) is 4.68 Å². The van der Waals surface area contributed by atoms with E-state index in [0.29, 0.717) is 32.1 Å². The summed E-state index contributed by atoms with van der Waals surface area (Å²) in [7, 11) is -6.03. The summed E-state index contributed by atoms with van der Waals surface area (Å²) in [5.41, 5.74) is 2.37. The summed E-state index contributed by atoms with van der Waals surface area (Å²) in [5.74, 6) is 0.202. The maximum atomic E-state index is 10.9. The van der Waals surface area contributed by atoms with Crippen LogP contribution in [0.1, 0.15) is 53.2 Å². The molecule has 234 valence electrons. The Morgan fingerprint density at radius 1 is 1.14 bits per heavy atom. The van der Waals surface area contributed by atoms with Gasteiger partial charge in [-0.15, -0.1) is 0 Å².